The van der Waals surface area contributed by atoms with Crippen LogP contribution in [0.3, 0.4) is 0 Å². The Labute approximate surface area is 108 Å². The molecule has 0 fully saturated rings. The van der Waals surface area contributed by atoms with Crippen LogP contribution in [0.15, 0.2) is 36.8 Å². The van der Waals surface area contributed by atoms with Gasteiger partial charge in [-0.1, -0.05) is 6.92 Å². The molecule has 0 radical (unpaired) electrons. The van der Waals surface area contributed by atoms with Gasteiger partial charge in [-0.3, -0.25) is 4.98 Å². The summed E-state index contributed by atoms with van der Waals surface area (Å²) >= 11 is 0. The van der Waals surface area contributed by atoms with Crippen molar-refractivity contribution in [2.24, 2.45) is 0 Å². The zero-order valence-corrected chi connectivity index (χ0v) is 10.6. The third-order valence-electron chi connectivity index (χ3n) is 2.61. The number of pyridine rings is 1. The van der Waals surface area contributed by atoms with E-state index < -0.39 is 0 Å². The van der Waals surface area contributed by atoms with Crippen molar-refractivity contribution in [3.63, 3.8) is 0 Å². The number of nitrogens with zero attached hydrogens (tertiary/aromatic N) is 3. The van der Waals surface area contributed by atoms with Crippen LogP contribution in [-0.4, -0.2) is 21.5 Å². The van der Waals surface area contributed by atoms with Gasteiger partial charge in [-0.25, -0.2) is 9.97 Å². The molecule has 2 rings (SSSR count). The minimum atomic E-state index is 0.754. The van der Waals surface area contributed by atoms with Gasteiger partial charge in [0.05, 0.1) is 5.69 Å². The van der Waals surface area contributed by atoms with E-state index in [-0.39, 0.29) is 0 Å². The molecule has 0 aliphatic heterocycles. The van der Waals surface area contributed by atoms with Crippen LogP contribution in [0.1, 0.15) is 30.4 Å². The highest BCUT2D eigenvalue weighted by molar-refractivity contribution is 5.16. The predicted molar refractivity (Wildman–Crippen MR) is 71.1 cm³/mol. The standard InChI is InChI=1S/C14H18N4/c1-2-6-16-11-13-5-9-17-14(18-13)10-12-3-7-15-8-4-12/h3-5,7-9,16H,2,6,10-11H2,1H3. The van der Waals surface area contributed by atoms with Gasteiger partial charge in [-0.2, -0.15) is 0 Å². The van der Waals surface area contributed by atoms with Gasteiger partial charge in [0.15, 0.2) is 0 Å². The largest absolute Gasteiger partial charge is 0.311 e. The molecule has 18 heavy (non-hydrogen) atoms. The summed E-state index contributed by atoms with van der Waals surface area (Å²) in [6.07, 6.45) is 7.30. The summed E-state index contributed by atoms with van der Waals surface area (Å²) in [7, 11) is 0. The monoisotopic (exact) mass is 242 g/mol. The first-order valence-electron chi connectivity index (χ1n) is 6.29. The number of rotatable bonds is 6. The van der Waals surface area contributed by atoms with Crippen LogP contribution in [0.25, 0.3) is 0 Å². The zero-order chi connectivity index (χ0) is 12.6. The van der Waals surface area contributed by atoms with Gasteiger partial charge in [0.2, 0.25) is 0 Å². The topological polar surface area (TPSA) is 50.7 Å². The molecule has 0 aromatic carbocycles. The van der Waals surface area contributed by atoms with Crippen LogP contribution in [-0.2, 0) is 13.0 Å². The second kappa shape index (κ2) is 6.81. The van der Waals surface area contributed by atoms with Gasteiger partial charge in [0.25, 0.3) is 0 Å². The molecule has 0 aliphatic carbocycles. The number of hydrogen-bond acceptors (Lipinski definition) is 4. The molecule has 0 saturated carbocycles. The molecular weight excluding hydrogens is 224 g/mol. The fourth-order valence-electron chi connectivity index (χ4n) is 1.70. The second-order valence-corrected chi connectivity index (χ2v) is 4.17. The van der Waals surface area contributed by atoms with Crippen LogP contribution < -0.4 is 5.32 Å². The van der Waals surface area contributed by atoms with Crippen LogP contribution in [0.2, 0.25) is 0 Å². The fraction of sp³-hybridized carbons (Fsp3) is 0.357. The van der Waals surface area contributed by atoms with Gasteiger partial charge in [0, 0.05) is 31.6 Å². The lowest BCUT2D eigenvalue weighted by Gasteiger charge is -2.05. The van der Waals surface area contributed by atoms with Crippen LogP contribution in [0.4, 0.5) is 0 Å². The van der Waals surface area contributed by atoms with Crippen molar-refractivity contribution in [1.29, 1.82) is 0 Å². The van der Waals surface area contributed by atoms with Gasteiger partial charge in [-0.15, -0.1) is 0 Å². The highest BCUT2D eigenvalue weighted by Gasteiger charge is 2.01. The van der Waals surface area contributed by atoms with Crippen molar-refractivity contribution in [2.45, 2.75) is 26.3 Å². The number of hydrogen-bond donors (Lipinski definition) is 1. The molecule has 0 spiro atoms. The summed E-state index contributed by atoms with van der Waals surface area (Å²) in [5, 5.41) is 3.34. The molecule has 0 saturated heterocycles. The molecule has 2 aromatic rings. The quantitative estimate of drug-likeness (QED) is 0.787. The molecule has 0 unspecified atom stereocenters. The van der Waals surface area contributed by atoms with Crippen molar-refractivity contribution in [3.05, 3.63) is 53.9 Å². The smallest absolute Gasteiger partial charge is 0.132 e. The fourth-order valence-corrected chi connectivity index (χ4v) is 1.70. The Bertz CT molecular complexity index is 470. The maximum Gasteiger partial charge on any atom is 0.132 e. The zero-order valence-electron chi connectivity index (χ0n) is 10.6. The van der Waals surface area contributed by atoms with Crippen LogP contribution in [0.5, 0.6) is 0 Å². The van der Waals surface area contributed by atoms with Crippen molar-refractivity contribution < 1.29 is 0 Å². The average Bonchev–Trinajstić information content (AvgIpc) is 2.41. The Hall–Kier alpha value is -1.81. The molecule has 94 valence electrons. The van der Waals surface area contributed by atoms with Crippen molar-refractivity contribution >= 4 is 0 Å². The van der Waals surface area contributed by atoms with Gasteiger partial charge >= 0.3 is 0 Å². The van der Waals surface area contributed by atoms with Gasteiger partial charge < -0.3 is 5.32 Å². The summed E-state index contributed by atoms with van der Waals surface area (Å²) in [5.74, 6) is 0.858. The van der Waals surface area contributed by atoms with Gasteiger partial charge in [0.1, 0.15) is 5.82 Å². The van der Waals surface area contributed by atoms with E-state index in [0.29, 0.717) is 0 Å². The maximum atomic E-state index is 4.55. The Morgan fingerprint density at radius 3 is 2.72 bits per heavy atom. The summed E-state index contributed by atoms with van der Waals surface area (Å²) < 4.78 is 0. The molecule has 4 nitrogen and oxygen atoms in total. The van der Waals surface area contributed by atoms with Crippen molar-refractivity contribution in [3.8, 4) is 0 Å². The Morgan fingerprint density at radius 2 is 1.94 bits per heavy atom. The summed E-state index contributed by atoms with van der Waals surface area (Å²) in [5.41, 5.74) is 2.23. The minimum Gasteiger partial charge on any atom is -0.311 e. The van der Waals surface area contributed by atoms with Crippen LogP contribution in [0, 0.1) is 0 Å². The molecule has 2 aromatic heterocycles. The van der Waals surface area contributed by atoms with E-state index in [4.69, 9.17) is 0 Å². The lowest BCUT2D eigenvalue weighted by Crippen LogP contribution is -2.15. The van der Waals surface area contributed by atoms with Crippen molar-refractivity contribution in [1.82, 2.24) is 20.3 Å². The summed E-state index contributed by atoms with van der Waals surface area (Å²) in [6.45, 7) is 3.98. The average molecular weight is 242 g/mol. The van der Waals surface area contributed by atoms with E-state index in [1.165, 1.54) is 5.56 Å². The Kier molecular flexibility index (Phi) is 4.78. The van der Waals surface area contributed by atoms with Crippen LogP contribution >= 0.6 is 0 Å². The summed E-state index contributed by atoms with van der Waals surface area (Å²) in [4.78, 5) is 12.9. The lowest BCUT2D eigenvalue weighted by atomic mass is 10.2. The molecule has 0 aliphatic rings. The predicted octanol–water partition coefficient (Wildman–Crippen LogP) is 1.96. The normalized spacial score (nSPS) is 10.5. The second-order valence-electron chi connectivity index (χ2n) is 4.17. The first kappa shape index (κ1) is 12.6. The lowest BCUT2D eigenvalue weighted by molar-refractivity contribution is 0.659. The van der Waals surface area contributed by atoms with Crippen molar-refractivity contribution in [2.75, 3.05) is 6.54 Å². The van der Waals surface area contributed by atoms with E-state index in [1.54, 1.807) is 12.4 Å². The molecule has 0 amide bonds. The highest BCUT2D eigenvalue weighted by atomic mass is 14.9. The highest BCUT2D eigenvalue weighted by Crippen LogP contribution is 2.04. The third kappa shape index (κ3) is 3.89. The third-order valence-corrected chi connectivity index (χ3v) is 2.61. The number of aromatic nitrogens is 3. The SMILES string of the molecule is CCCNCc1ccnc(Cc2ccncc2)n1. The molecule has 2 heterocycles. The van der Waals surface area contributed by atoms with E-state index >= 15 is 0 Å². The molecular formula is C14H18N4. The summed E-state index contributed by atoms with van der Waals surface area (Å²) in [6, 6.07) is 5.94. The Balaban J connectivity index is 1.99. The van der Waals surface area contributed by atoms with Gasteiger partial charge in [-0.05, 0) is 36.7 Å². The van der Waals surface area contributed by atoms with E-state index in [1.807, 2.05) is 24.4 Å². The van der Waals surface area contributed by atoms with E-state index in [0.717, 1.165) is 37.4 Å². The number of nitrogens with one attached hydrogen (secondary N) is 1. The molecule has 0 atom stereocenters. The molecule has 4 heteroatoms. The maximum absolute atomic E-state index is 4.55. The molecule has 0 bridgehead atoms. The van der Waals surface area contributed by atoms with E-state index in [9.17, 15) is 0 Å². The first-order valence-corrected chi connectivity index (χ1v) is 6.29. The Morgan fingerprint density at radius 1 is 1.11 bits per heavy atom. The first-order chi connectivity index (χ1) is 8.88. The minimum absolute atomic E-state index is 0.754. The van der Waals surface area contributed by atoms with E-state index in [2.05, 4.69) is 27.2 Å². The molecule has 1 N–H and O–H groups in total.